The van der Waals surface area contributed by atoms with E-state index in [0.717, 1.165) is 11.3 Å². The van der Waals surface area contributed by atoms with E-state index in [-0.39, 0.29) is 26.8 Å². The standard InChI is InChI=1S/C22H12BN2S2.Ir/c1-3-7-18-15(5-1)23-16-6-2-4-8-19(16)27-21-12-14(11-20(26-18)22(21)23)17-13-24-9-10-25-17;/h1-11,13H;/q-1;. The summed E-state index contributed by atoms with van der Waals surface area (Å²) < 4.78 is 0. The molecule has 0 aliphatic carbocycles. The maximum absolute atomic E-state index is 4.49. The van der Waals surface area contributed by atoms with Gasteiger partial charge in [-0.05, 0) is 12.1 Å². The number of nitrogens with zero attached hydrogens (tertiary/aromatic N) is 2. The molecule has 28 heavy (non-hydrogen) atoms. The molecule has 6 rings (SSSR count). The summed E-state index contributed by atoms with van der Waals surface area (Å²) in [5.41, 5.74) is 6.05. The van der Waals surface area contributed by atoms with Gasteiger partial charge >= 0.3 is 0 Å². The van der Waals surface area contributed by atoms with Gasteiger partial charge in [0.15, 0.2) is 6.71 Å². The number of aromatic nitrogens is 2. The molecule has 2 aliphatic heterocycles. The normalized spacial score (nSPS) is 13.1. The van der Waals surface area contributed by atoms with Crippen molar-refractivity contribution in [2.45, 2.75) is 19.6 Å². The summed E-state index contributed by atoms with van der Waals surface area (Å²) in [7, 11) is 0. The van der Waals surface area contributed by atoms with Crippen molar-refractivity contribution in [3.05, 3.63) is 79.3 Å². The Kier molecular flexibility index (Phi) is 4.68. The minimum atomic E-state index is 0. The molecule has 0 bridgehead atoms. The zero-order valence-electron chi connectivity index (χ0n) is 14.5. The summed E-state index contributed by atoms with van der Waals surface area (Å²) in [5, 5.41) is 0. The van der Waals surface area contributed by atoms with Crippen LogP contribution in [0.5, 0.6) is 0 Å². The van der Waals surface area contributed by atoms with Gasteiger partial charge in [0.1, 0.15) is 0 Å². The molecule has 1 aromatic heterocycles. The van der Waals surface area contributed by atoms with E-state index in [9.17, 15) is 0 Å². The van der Waals surface area contributed by atoms with Gasteiger partial charge in [0, 0.05) is 54.2 Å². The third-order valence-electron chi connectivity index (χ3n) is 5.05. The van der Waals surface area contributed by atoms with Crippen LogP contribution in [0.25, 0.3) is 11.3 Å². The SMILES string of the molecule is [Ir].[c-]1c(-c2cnccn2)cc2c3c1Sc1ccccc1B3c1ccccc1S2. The van der Waals surface area contributed by atoms with Crippen LogP contribution < -0.4 is 16.4 Å². The van der Waals surface area contributed by atoms with Gasteiger partial charge in [-0.1, -0.05) is 57.1 Å². The number of benzene rings is 3. The third kappa shape index (κ3) is 2.79. The Morgan fingerprint density at radius 3 is 2.25 bits per heavy atom. The van der Waals surface area contributed by atoms with Crippen molar-refractivity contribution in [1.82, 2.24) is 9.97 Å². The summed E-state index contributed by atoms with van der Waals surface area (Å²) in [6, 6.07) is 23.4. The zero-order valence-corrected chi connectivity index (χ0v) is 18.6. The first kappa shape index (κ1) is 18.2. The molecule has 3 heterocycles. The van der Waals surface area contributed by atoms with Crippen LogP contribution in [-0.2, 0) is 20.1 Å². The fourth-order valence-corrected chi connectivity index (χ4v) is 6.32. The number of rotatable bonds is 1. The maximum atomic E-state index is 4.49. The van der Waals surface area contributed by atoms with Crippen LogP contribution in [0.2, 0.25) is 0 Å². The van der Waals surface area contributed by atoms with Crippen LogP contribution in [0.1, 0.15) is 0 Å². The van der Waals surface area contributed by atoms with Crippen molar-refractivity contribution < 1.29 is 20.1 Å². The van der Waals surface area contributed by atoms with E-state index in [1.165, 1.54) is 36.0 Å². The minimum Gasteiger partial charge on any atom is -0.302 e. The molecule has 6 heteroatoms. The van der Waals surface area contributed by atoms with E-state index in [1.807, 2.05) is 29.7 Å². The fraction of sp³-hybridized carbons (Fsp3) is 0. The van der Waals surface area contributed by atoms with Gasteiger partial charge in [0.2, 0.25) is 0 Å². The molecule has 135 valence electrons. The molecule has 0 unspecified atom stereocenters. The van der Waals surface area contributed by atoms with Crippen LogP contribution in [0, 0.1) is 6.07 Å². The molecular formula is C22H12BIrN2S2-. The van der Waals surface area contributed by atoms with E-state index < -0.39 is 0 Å². The Labute approximate surface area is 186 Å². The van der Waals surface area contributed by atoms with E-state index in [1.54, 1.807) is 12.4 Å². The monoisotopic (exact) mass is 572 g/mol. The molecule has 0 atom stereocenters. The first-order valence-electron chi connectivity index (χ1n) is 8.78. The van der Waals surface area contributed by atoms with Crippen molar-refractivity contribution in [3.8, 4) is 11.3 Å². The van der Waals surface area contributed by atoms with Gasteiger partial charge in [-0.2, -0.15) is 0 Å². The molecule has 1 radical (unpaired) electrons. The Morgan fingerprint density at radius 2 is 1.54 bits per heavy atom. The van der Waals surface area contributed by atoms with Gasteiger partial charge in [-0.15, -0.1) is 46.7 Å². The molecule has 0 amide bonds. The second-order valence-corrected chi connectivity index (χ2v) is 8.73. The van der Waals surface area contributed by atoms with Gasteiger partial charge in [0.25, 0.3) is 0 Å². The van der Waals surface area contributed by atoms with E-state index in [4.69, 9.17) is 0 Å². The summed E-state index contributed by atoms with van der Waals surface area (Å²) in [4.78, 5) is 13.9. The van der Waals surface area contributed by atoms with Crippen LogP contribution in [0.3, 0.4) is 0 Å². The predicted molar refractivity (Wildman–Crippen MR) is 112 cm³/mol. The van der Waals surface area contributed by atoms with Crippen LogP contribution in [0.15, 0.2) is 92.8 Å². The van der Waals surface area contributed by atoms with Crippen LogP contribution in [-0.4, -0.2) is 16.7 Å². The molecule has 0 saturated heterocycles. The molecule has 0 spiro atoms. The molecular weight excluding hydrogens is 559 g/mol. The molecule has 4 aromatic rings. The van der Waals surface area contributed by atoms with Crippen molar-refractivity contribution >= 4 is 46.6 Å². The summed E-state index contributed by atoms with van der Waals surface area (Å²) in [6.45, 7) is 0.275. The van der Waals surface area contributed by atoms with Gasteiger partial charge in [0.05, 0.1) is 0 Å². The smallest absolute Gasteiger partial charge is 0.195 e. The van der Waals surface area contributed by atoms with E-state index >= 15 is 0 Å². The fourth-order valence-electron chi connectivity index (χ4n) is 3.89. The minimum absolute atomic E-state index is 0. The summed E-state index contributed by atoms with van der Waals surface area (Å²) in [5.74, 6) is 0. The molecule has 3 aromatic carbocycles. The van der Waals surface area contributed by atoms with Gasteiger partial charge in [-0.25, -0.2) is 0 Å². The second kappa shape index (κ2) is 7.20. The second-order valence-electron chi connectivity index (χ2n) is 6.59. The Morgan fingerprint density at radius 1 is 0.821 bits per heavy atom. The van der Waals surface area contributed by atoms with Gasteiger partial charge in [-0.3, -0.25) is 4.98 Å². The number of fused-ring (bicyclic) bond motifs is 4. The quantitative estimate of drug-likeness (QED) is 0.223. The molecule has 0 saturated carbocycles. The number of hydrogen-bond donors (Lipinski definition) is 0. The Hall–Kier alpha value is -1.85. The Balaban J connectivity index is 0.00000171. The number of hydrogen-bond acceptors (Lipinski definition) is 4. The molecule has 0 N–H and O–H groups in total. The van der Waals surface area contributed by atoms with E-state index in [2.05, 4.69) is 70.6 Å². The van der Waals surface area contributed by atoms with E-state index in [0.29, 0.717) is 0 Å². The van der Waals surface area contributed by atoms with Crippen molar-refractivity contribution in [1.29, 1.82) is 0 Å². The average molecular weight is 572 g/mol. The van der Waals surface area contributed by atoms with Crippen LogP contribution >= 0.6 is 23.5 Å². The molecule has 0 fully saturated rings. The van der Waals surface area contributed by atoms with Gasteiger partial charge < -0.3 is 4.98 Å². The largest absolute Gasteiger partial charge is 0.302 e. The molecule has 2 aliphatic rings. The predicted octanol–water partition coefficient (Wildman–Crippen LogP) is 3.39. The maximum Gasteiger partial charge on any atom is 0.195 e. The van der Waals surface area contributed by atoms with Crippen LogP contribution in [0.4, 0.5) is 0 Å². The summed E-state index contributed by atoms with van der Waals surface area (Å²) in [6.07, 6.45) is 5.26. The first-order valence-corrected chi connectivity index (χ1v) is 10.4. The van der Waals surface area contributed by atoms with Crippen molar-refractivity contribution in [2.75, 3.05) is 0 Å². The Bertz CT molecular complexity index is 1130. The zero-order chi connectivity index (χ0) is 17.8. The molecule has 2 nitrogen and oxygen atoms in total. The third-order valence-corrected chi connectivity index (χ3v) is 7.32. The average Bonchev–Trinajstić information content (AvgIpc) is 2.74. The van der Waals surface area contributed by atoms with Crippen molar-refractivity contribution in [3.63, 3.8) is 0 Å². The summed E-state index contributed by atoms with van der Waals surface area (Å²) >= 11 is 3.67. The topological polar surface area (TPSA) is 25.8 Å². The first-order chi connectivity index (χ1) is 13.4. The van der Waals surface area contributed by atoms with Crippen molar-refractivity contribution in [2.24, 2.45) is 0 Å².